The molecular formula is C26H20N2O4. The molecule has 5 rings (SSSR count). The molecule has 0 saturated carbocycles. The Morgan fingerprint density at radius 3 is 2.62 bits per heavy atom. The zero-order chi connectivity index (χ0) is 22.1. The third kappa shape index (κ3) is 3.08. The van der Waals surface area contributed by atoms with E-state index in [0.717, 1.165) is 5.56 Å². The number of ether oxygens (including phenoxy) is 1. The molecule has 0 bridgehead atoms. The highest BCUT2D eigenvalue weighted by molar-refractivity contribution is 6.24. The average molecular weight is 424 g/mol. The summed E-state index contributed by atoms with van der Waals surface area (Å²) in [5.74, 6) is -1.09. The van der Waals surface area contributed by atoms with Gasteiger partial charge >= 0.3 is 0 Å². The van der Waals surface area contributed by atoms with Crippen LogP contribution in [0.4, 0.5) is 5.69 Å². The summed E-state index contributed by atoms with van der Waals surface area (Å²) >= 11 is 0. The molecule has 0 radical (unpaired) electrons. The Labute approximate surface area is 185 Å². The molecule has 0 aromatic heterocycles. The van der Waals surface area contributed by atoms with Crippen molar-refractivity contribution in [3.8, 4) is 5.75 Å². The molecule has 0 fully saturated rings. The van der Waals surface area contributed by atoms with Gasteiger partial charge in [-0.05, 0) is 29.8 Å². The molecule has 2 atom stereocenters. The lowest BCUT2D eigenvalue weighted by atomic mass is 9.75. The molecule has 3 aromatic carbocycles. The molecule has 1 amide bonds. The first kappa shape index (κ1) is 19.8. The molecule has 3 aromatic rings. The van der Waals surface area contributed by atoms with Crippen LogP contribution >= 0.6 is 0 Å². The number of amides is 1. The Hall–Kier alpha value is -4.19. The summed E-state index contributed by atoms with van der Waals surface area (Å²) < 4.78 is 5.29. The second kappa shape index (κ2) is 7.81. The first-order valence-electron chi connectivity index (χ1n) is 10.2. The Bertz CT molecular complexity index is 1270. The number of allylic oxidation sites excluding steroid dienone is 1. The lowest BCUT2D eigenvalue weighted by molar-refractivity contribution is -0.140. The van der Waals surface area contributed by atoms with E-state index in [1.807, 2.05) is 48.5 Å². The maximum atomic E-state index is 13.8. The monoisotopic (exact) mass is 424 g/mol. The molecule has 0 aliphatic carbocycles. The van der Waals surface area contributed by atoms with E-state index >= 15 is 0 Å². The van der Waals surface area contributed by atoms with Crippen molar-refractivity contribution in [1.29, 1.82) is 0 Å². The standard InChI is InChI=1S/C26H20N2O4/c1-31-19-11-7-10-18(16-19)24(29)23-22(15-14-17-8-3-2-4-9-17)28-32-26(23)20-12-5-6-13-21(20)27-25(26)30/h2-16,23H,1H3,(H,27,30)/b15-14+/t23-,26-/m0/s1. The number of nitrogens with one attached hydrogen (secondary N) is 1. The minimum Gasteiger partial charge on any atom is -0.497 e. The maximum absolute atomic E-state index is 13.8. The van der Waals surface area contributed by atoms with Crippen LogP contribution in [-0.4, -0.2) is 24.5 Å². The van der Waals surface area contributed by atoms with Crippen LogP contribution in [0.3, 0.4) is 0 Å². The minimum atomic E-state index is -1.56. The zero-order valence-electron chi connectivity index (χ0n) is 17.3. The molecular weight excluding hydrogens is 404 g/mol. The lowest BCUT2D eigenvalue weighted by Gasteiger charge is -2.26. The van der Waals surface area contributed by atoms with Crippen LogP contribution in [0.25, 0.3) is 6.08 Å². The number of nitrogens with zero attached hydrogens (tertiary/aromatic N) is 1. The van der Waals surface area contributed by atoms with Crippen molar-refractivity contribution in [2.24, 2.45) is 11.1 Å². The number of oxime groups is 1. The normalized spacial score (nSPS) is 21.2. The summed E-state index contributed by atoms with van der Waals surface area (Å²) in [6.45, 7) is 0. The van der Waals surface area contributed by atoms with Crippen LogP contribution in [-0.2, 0) is 15.2 Å². The van der Waals surface area contributed by atoms with Crippen LogP contribution < -0.4 is 10.1 Å². The number of fused-ring (bicyclic) bond motifs is 2. The quantitative estimate of drug-likeness (QED) is 0.615. The Balaban J connectivity index is 1.62. The van der Waals surface area contributed by atoms with Crippen molar-refractivity contribution in [3.05, 3.63) is 102 Å². The Morgan fingerprint density at radius 2 is 1.81 bits per heavy atom. The fourth-order valence-electron chi connectivity index (χ4n) is 4.20. The molecule has 0 unspecified atom stereocenters. The van der Waals surface area contributed by atoms with Crippen LogP contribution in [0.1, 0.15) is 21.5 Å². The van der Waals surface area contributed by atoms with Gasteiger partial charge in [-0.15, -0.1) is 0 Å². The fraction of sp³-hybridized carbons (Fsp3) is 0.115. The molecule has 158 valence electrons. The van der Waals surface area contributed by atoms with Gasteiger partial charge in [0.05, 0.1) is 12.8 Å². The number of rotatable bonds is 5. The van der Waals surface area contributed by atoms with E-state index in [9.17, 15) is 9.59 Å². The van der Waals surface area contributed by atoms with E-state index in [4.69, 9.17) is 9.57 Å². The number of carbonyl (C=O) groups is 2. The Kier molecular flexibility index (Phi) is 4.82. The van der Waals surface area contributed by atoms with Crippen LogP contribution in [0, 0.1) is 5.92 Å². The smallest absolute Gasteiger partial charge is 0.277 e. The first-order chi connectivity index (χ1) is 15.6. The summed E-state index contributed by atoms with van der Waals surface area (Å²) in [5.41, 5.74) is 1.39. The summed E-state index contributed by atoms with van der Waals surface area (Å²) in [4.78, 5) is 32.9. The zero-order valence-corrected chi connectivity index (χ0v) is 17.3. The number of Topliss-reactive ketones (excluding diaryl/α,β-unsaturated/α-hetero) is 1. The van der Waals surface area contributed by atoms with Crippen LogP contribution in [0.15, 0.2) is 90.1 Å². The predicted molar refractivity (Wildman–Crippen MR) is 122 cm³/mol. The molecule has 0 saturated heterocycles. The van der Waals surface area contributed by atoms with Crippen molar-refractivity contribution in [1.82, 2.24) is 0 Å². The van der Waals surface area contributed by atoms with Crippen molar-refractivity contribution in [3.63, 3.8) is 0 Å². The number of benzene rings is 3. The molecule has 6 nitrogen and oxygen atoms in total. The number of ketones is 1. The predicted octanol–water partition coefficient (Wildman–Crippen LogP) is 4.44. The lowest BCUT2D eigenvalue weighted by Crippen LogP contribution is -2.46. The van der Waals surface area contributed by atoms with Crippen LogP contribution in [0.5, 0.6) is 5.75 Å². The van der Waals surface area contributed by atoms with E-state index in [0.29, 0.717) is 28.3 Å². The summed E-state index contributed by atoms with van der Waals surface area (Å²) in [6, 6.07) is 23.7. The van der Waals surface area contributed by atoms with Crippen molar-refractivity contribution < 1.29 is 19.2 Å². The number of carbonyl (C=O) groups excluding carboxylic acids is 2. The molecule has 2 heterocycles. The number of hydrogen-bond acceptors (Lipinski definition) is 5. The van der Waals surface area contributed by atoms with Gasteiger partial charge in [-0.3, -0.25) is 9.59 Å². The van der Waals surface area contributed by atoms with Gasteiger partial charge in [0, 0.05) is 16.8 Å². The number of methoxy groups -OCH3 is 1. The molecule has 1 spiro atoms. The summed E-state index contributed by atoms with van der Waals surface area (Å²) in [6.07, 6.45) is 3.59. The van der Waals surface area contributed by atoms with E-state index in [2.05, 4.69) is 10.5 Å². The van der Waals surface area contributed by atoms with Gasteiger partial charge in [-0.25, -0.2) is 0 Å². The number of hydrogen-bond donors (Lipinski definition) is 1. The minimum absolute atomic E-state index is 0.273. The molecule has 1 N–H and O–H groups in total. The molecule has 2 aliphatic rings. The summed E-state index contributed by atoms with van der Waals surface area (Å²) in [7, 11) is 1.54. The molecule has 32 heavy (non-hydrogen) atoms. The maximum Gasteiger partial charge on any atom is 0.277 e. The third-order valence-corrected chi connectivity index (χ3v) is 5.77. The molecule has 6 heteroatoms. The highest BCUT2D eigenvalue weighted by Gasteiger charge is 2.62. The summed E-state index contributed by atoms with van der Waals surface area (Å²) in [5, 5.41) is 7.07. The van der Waals surface area contributed by atoms with Crippen LogP contribution in [0.2, 0.25) is 0 Å². The Morgan fingerprint density at radius 1 is 1.03 bits per heavy atom. The van der Waals surface area contributed by atoms with Crippen molar-refractivity contribution in [2.45, 2.75) is 5.60 Å². The number of anilines is 1. The second-order valence-electron chi connectivity index (χ2n) is 7.62. The largest absolute Gasteiger partial charge is 0.497 e. The van der Waals surface area contributed by atoms with Gasteiger partial charge in [0.1, 0.15) is 11.7 Å². The van der Waals surface area contributed by atoms with Gasteiger partial charge in [0.25, 0.3) is 11.5 Å². The third-order valence-electron chi connectivity index (χ3n) is 5.77. The average Bonchev–Trinajstić information content (AvgIpc) is 3.36. The highest BCUT2D eigenvalue weighted by atomic mass is 16.7. The topological polar surface area (TPSA) is 77.0 Å². The van der Waals surface area contributed by atoms with Gasteiger partial charge in [-0.1, -0.05) is 71.9 Å². The highest BCUT2D eigenvalue weighted by Crippen LogP contribution is 2.49. The molecule has 2 aliphatic heterocycles. The second-order valence-corrected chi connectivity index (χ2v) is 7.62. The van der Waals surface area contributed by atoms with Crippen molar-refractivity contribution >= 4 is 29.2 Å². The van der Waals surface area contributed by atoms with Gasteiger partial charge in [0.2, 0.25) is 0 Å². The number of para-hydroxylation sites is 1. The van der Waals surface area contributed by atoms with Crippen molar-refractivity contribution in [2.75, 3.05) is 12.4 Å². The van der Waals surface area contributed by atoms with E-state index in [-0.39, 0.29) is 5.78 Å². The van der Waals surface area contributed by atoms with Gasteiger partial charge in [-0.2, -0.15) is 0 Å². The van der Waals surface area contributed by atoms with Gasteiger partial charge < -0.3 is 14.9 Å². The SMILES string of the molecule is COc1cccc(C(=O)[C@@H]2C(/C=C/c3ccccc3)=NO[C@]23C(=O)Nc2ccccc23)c1. The van der Waals surface area contributed by atoms with E-state index in [1.165, 1.54) is 0 Å². The fourth-order valence-corrected chi connectivity index (χ4v) is 4.20. The first-order valence-corrected chi connectivity index (χ1v) is 10.2. The van der Waals surface area contributed by atoms with E-state index in [1.54, 1.807) is 49.6 Å². The van der Waals surface area contributed by atoms with E-state index < -0.39 is 17.4 Å². The van der Waals surface area contributed by atoms with Gasteiger partial charge in [0.15, 0.2) is 5.78 Å².